The maximum Gasteiger partial charge on any atom is 0.408 e. The van der Waals surface area contributed by atoms with Gasteiger partial charge in [0.05, 0.1) is 11.6 Å². The number of amides is 2. The van der Waals surface area contributed by atoms with E-state index < -0.39 is 17.6 Å². The van der Waals surface area contributed by atoms with Gasteiger partial charge < -0.3 is 20.7 Å². The molecule has 3 N–H and O–H groups in total. The van der Waals surface area contributed by atoms with Crippen LogP contribution in [0.5, 0.6) is 0 Å². The zero-order chi connectivity index (χ0) is 13.8. The maximum atomic E-state index is 11.4. The first-order valence-corrected chi connectivity index (χ1v) is 6.61. The summed E-state index contributed by atoms with van der Waals surface area (Å²) in [5.74, 6) is 0.431. The molecule has 0 aromatic heterocycles. The van der Waals surface area contributed by atoms with Gasteiger partial charge in [0, 0.05) is 19.3 Å². The number of hydrogen-bond donors (Lipinski definition) is 2. The minimum absolute atomic E-state index is 0.222. The Hall–Kier alpha value is -1.37. The van der Waals surface area contributed by atoms with Crippen molar-refractivity contribution in [3.63, 3.8) is 0 Å². The minimum atomic E-state index is -0.733. The highest BCUT2D eigenvalue weighted by atomic mass is 32.2. The Bertz CT molecular complexity index is 369. The Kier molecular flexibility index (Phi) is 4.89. The third-order valence-electron chi connectivity index (χ3n) is 2.29. The summed E-state index contributed by atoms with van der Waals surface area (Å²) in [4.78, 5) is 24.1. The Morgan fingerprint density at radius 2 is 2.28 bits per heavy atom. The van der Waals surface area contributed by atoms with Crippen LogP contribution < -0.4 is 11.1 Å². The van der Waals surface area contributed by atoms with Crippen molar-refractivity contribution in [1.29, 1.82) is 0 Å². The molecule has 1 aliphatic rings. The lowest BCUT2D eigenvalue weighted by molar-refractivity contribution is -0.117. The Balaban J connectivity index is 2.53. The molecule has 0 aromatic rings. The van der Waals surface area contributed by atoms with Gasteiger partial charge in [0.1, 0.15) is 5.60 Å². The second kappa shape index (κ2) is 5.99. The number of nitrogens with zero attached hydrogens (tertiary/aromatic N) is 1. The van der Waals surface area contributed by atoms with E-state index in [1.165, 1.54) is 0 Å². The van der Waals surface area contributed by atoms with Crippen LogP contribution in [0.15, 0.2) is 11.1 Å². The number of primary amides is 1. The fraction of sp³-hybridized carbons (Fsp3) is 0.636. The van der Waals surface area contributed by atoms with E-state index in [0.717, 1.165) is 17.3 Å². The summed E-state index contributed by atoms with van der Waals surface area (Å²) in [7, 11) is 2.00. The number of carbonyl (C=O) groups is 2. The third-order valence-corrected chi connectivity index (χ3v) is 3.40. The van der Waals surface area contributed by atoms with Crippen LogP contribution >= 0.6 is 11.8 Å². The van der Waals surface area contributed by atoms with Crippen molar-refractivity contribution in [2.75, 3.05) is 25.9 Å². The molecule has 0 saturated carbocycles. The predicted molar refractivity (Wildman–Crippen MR) is 70.9 cm³/mol. The molecule has 0 aromatic carbocycles. The van der Waals surface area contributed by atoms with Gasteiger partial charge in [0.25, 0.3) is 0 Å². The van der Waals surface area contributed by atoms with Gasteiger partial charge >= 0.3 is 6.09 Å². The Labute approximate surface area is 111 Å². The standard InChI is InChI=1S/C11H19N3O3S/c1-11(2,6-9-14(3)4-5-18-9)17-10(16)13-7-8(12)15/h6H,4-5,7H2,1-3H3,(H2,12,15)(H,13,16)/b9-6-. The fourth-order valence-electron chi connectivity index (χ4n) is 1.42. The summed E-state index contributed by atoms with van der Waals surface area (Å²) in [6.07, 6.45) is 1.25. The molecule has 1 heterocycles. The first-order valence-electron chi connectivity index (χ1n) is 5.62. The normalized spacial score (nSPS) is 17.9. The van der Waals surface area contributed by atoms with Gasteiger partial charge in [0.15, 0.2) is 0 Å². The Morgan fingerprint density at radius 3 is 2.78 bits per heavy atom. The van der Waals surface area contributed by atoms with Gasteiger partial charge in [-0.15, -0.1) is 11.8 Å². The number of nitrogens with one attached hydrogen (secondary N) is 1. The molecule has 0 bridgehead atoms. The summed E-state index contributed by atoms with van der Waals surface area (Å²) < 4.78 is 5.22. The number of carbonyl (C=O) groups excluding carboxylic acids is 2. The first-order chi connectivity index (χ1) is 8.30. The molecule has 0 unspecified atom stereocenters. The van der Waals surface area contributed by atoms with Crippen LogP contribution in [-0.4, -0.2) is 48.4 Å². The van der Waals surface area contributed by atoms with Crippen molar-refractivity contribution in [2.24, 2.45) is 5.73 Å². The first kappa shape index (κ1) is 14.7. The molecule has 1 aliphatic heterocycles. The number of rotatable bonds is 4. The van der Waals surface area contributed by atoms with Crippen molar-refractivity contribution < 1.29 is 14.3 Å². The van der Waals surface area contributed by atoms with Gasteiger partial charge in [0.2, 0.25) is 5.91 Å². The summed E-state index contributed by atoms with van der Waals surface area (Å²) in [6, 6.07) is 0. The molecule has 1 saturated heterocycles. The van der Waals surface area contributed by atoms with Crippen LogP contribution in [0.4, 0.5) is 4.79 Å². The molecule has 0 aliphatic carbocycles. The van der Waals surface area contributed by atoms with Gasteiger partial charge in [-0.25, -0.2) is 4.79 Å². The molecule has 0 radical (unpaired) electrons. The number of alkyl carbamates (subject to hydrolysis) is 1. The van der Waals surface area contributed by atoms with Gasteiger partial charge in [-0.1, -0.05) is 0 Å². The van der Waals surface area contributed by atoms with Crippen molar-refractivity contribution in [3.05, 3.63) is 11.1 Å². The number of ether oxygens (including phenoxy) is 1. The minimum Gasteiger partial charge on any atom is -0.439 e. The average Bonchev–Trinajstić information content (AvgIpc) is 2.60. The van der Waals surface area contributed by atoms with Crippen LogP contribution in [0.2, 0.25) is 0 Å². The zero-order valence-electron chi connectivity index (χ0n) is 10.9. The van der Waals surface area contributed by atoms with Crippen molar-refractivity contribution in [1.82, 2.24) is 10.2 Å². The summed E-state index contributed by atoms with van der Waals surface area (Å²) in [6.45, 7) is 4.34. The summed E-state index contributed by atoms with van der Waals surface area (Å²) in [5.41, 5.74) is 4.19. The van der Waals surface area contributed by atoms with E-state index in [0.29, 0.717) is 0 Å². The second-order valence-electron chi connectivity index (χ2n) is 4.57. The third kappa shape index (κ3) is 4.87. The van der Waals surface area contributed by atoms with Gasteiger partial charge in [-0.2, -0.15) is 0 Å². The highest BCUT2D eigenvalue weighted by molar-refractivity contribution is 8.03. The van der Waals surface area contributed by atoms with E-state index >= 15 is 0 Å². The van der Waals surface area contributed by atoms with E-state index in [9.17, 15) is 9.59 Å². The zero-order valence-corrected chi connectivity index (χ0v) is 11.7. The molecule has 2 amide bonds. The molecular weight excluding hydrogens is 254 g/mol. The highest BCUT2D eigenvalue weighted by Crippen LogP contribution is 2.29. The lowest BCUT2D eigenvalue weighted by Crippen LogP contribution is -2.38. The second-order valence-corrected chi connectivity index (χ2v) is 5.68. The molecule has 1 fully saturated rings. The molecule has 0 atom stereocenters. The lowest BCUT2D eigenvalue weighted by atomic mass is 10.1. The molecule has 1 rings (SSSR count). The largest absolute Gasteiger partial charge is 0.439 e. The molecule has 102 valence electrons. The number of hydrogen-bond acceptors (Lipinski definition) is 5. The number of thioether (sulfide) groups is 1. The maximum absolute atomic E-state index is 11.4. The van der Waals surface area contributed by atoms with Crippen LogP contribution in [-0.2, 0) is 9.53 Å². The average molecular weight is 273 g/mol. The van der Waals surface area contributed by atoms with Crippen LogP contribution in [0.3, 0.4) is 0 Å². The van der Waals surface area contributed by atoms with E-state index in [2.05, 4.69) is 10.2 Å². The van der Waals surface area contributed by atoms with Crippen molar-refractivity contribution in [3.8, 4) is 0 Å². The topological polar surface area (TPSA) is 84.7 Å². The van der Waals surface area contributed by atoms with Crippen LogP contribution in [0.25, 0.3) is 0 Å². The fourth-order valence-corrected chi connectivity index (χ4v) is 2.67. The highest BCUT2D eigenvalue weighted by Gasteiger charge is 2.24. The van der Waals surface area contributed by atoms with E-state index in [4.69, 9.17) is 10.5 Å². The summed E-state index contributed by atoms with van der Waals surface area (Å²) in [5, 5.41) is 3.37. The van der Waals surface area contributed by atoms with Crippen LogP contribution in [0.1, 0.15) is 13.8 Å². The monoisotopic (exact) mass is 273 g/mol. The van der Waals surface area contributed by atoms with E-state index in [1.807, 2.05) is 13.1 Å². The molecule has 18 heavy (non-hydrogen) atoms. The smallest absolute Gasteiger partial charge is 0.408 e. The van der Waals surface area contributed by atoms with Gasteiger partial charge in [-0.05, 0) is 19.9 Å². The number of nitrogens with two attached hydrogens (primary N) is 1. The van der Waals surface area contributed by atoms with Crippen LogP contribution in [0, 0.1) is 0 Å². The molecule has 6 nitrogen and oxygen atoms in total. The summed E-state index contributed by atoms with van der Waals surface area (Å²) >= 11 is 1.72. The molecule has 0 spiro atoms. The Morgan fingerprint density at radius 1 is 1.61 bits per heavy atom. The van der Waals surface area contributed by atoms with Crippen molar-refractivity contribution >= 4 is 23.8 Å². The van der Waals surface area contributed by atoms with Gasteiger partial charge in [-0.3, -0.25) is 4.79 Å². The predicted octanol–water partition coefficient (Wildman–Crippen LogP) is 0.496. The van der Waals surface area contributed by atoms with E-state index in [-0.39, 0.29) is 6.54 Å². The van der Waals surface area contributed by atoms with Crippen molar-refractivity contribution in [2.45, 2.75) is 19.4 Å². The molecular formula is C11H19N3O3S. The van der Waals surface area contributed by atoms with E-state index in [1.54, 1.807) is 25.6 Å². The quantitative estimate of drug-likeness (QED) is 0.779. The lowest BCUT2D eigenvalue weighted by Gasteiger charge is -2.23. The molecule has 7 heteroatoms. The SMILES string of the molecule is CN1CCS/C1=C\C(C)(C)OC(=O)NCC(N)=O.